The third kappa shape index (κ3) is 2.56. The third-order valence-corrected chi connectivity index (χ3v) is 4.03. The molecule has 7 nitrogen and oxygen atoms in total. The van der Waals surface area contributed by atoms with Crippen molar-refractivity contribution in [2.24, 2.45) is 23.3 Å². The average Bonchev–Trinajstić information content (AvgIpc) is 3.03. The summed E-state index contributed by atoms with van der Waals surface area (Å²) in [6, 6.07) is -1.27. The maximum atomic E-state index is 12.3. The van der Waals surface area contributed by atoms with Gasteiger partial charge in [0.2, 0.25) is 17.7 Å². The zero-order chi connectivity index (χ0) is 14.2. The van der Waals surface area contributed by atoms with Crippen molar-refractivity contribution >= 4 is 17.7 Å². The summed E-state index contributed by atoms with van der Waals surface area (Å²) in [5.74, 6) is -1.14. The van der Waals surface area contributed by atoms with Crippen LogP contribution in [-0.2, 0) is 14.4 Å². The van der Waals surface area contributed by atoms with Gasteiger partial charge < -0.3 is 21.7 Å². The Morgan fingerprint density at radius 2 is 2.05 bits per heavy atom. The van der Waals surface area contributed by atoms with Gasteiger partial charge >= 0.3 is 0 Å². The highest BCUT2D eigenvalue weighted by Crippen LogP contribution is 2.41. The smallest absolute Gasteiger partial charge is 0.240 e. The first-order valence-corrected chi connectivity index (χ1v) is 6.54. The number of likely N-dealkylation sites (tertiary alicyclic amines) is 1. The summed E-state index contributed by atoms with van der Waals surface area (Å²) in [7, 11) is 1.56. The molecule has 1 saturated heterocycles. The normalized spacial score (nSPS) is 30.8. The molecular formula is C12H20N4O3. The van der Waals surface area contributed by atoms with Crippen LogP contribution in [0.1, 0.15) is 19.3 Å². The number of nitrogens with zero attached hydrogens (tertiary/aromatic N) is 1. The number of nitrogens with two attached hydrogens (primary N) is 2. The molecule has 1 aliphatic carbocycles. The van der Waals surface area contributed by atoms with Gasteiger partial charge in [-0.25, -0.2) is 0 Å². The molecule has 0 radical (unpaired) electrons. The van der Waals surface area contributed by atoms with Crippen molar-refractivity contribution in [3.05, 3.63) is 0 Å². The summed E-state index contributed by atoms with van der Waals surface area (Å²) in [6.07, 6.45) is 1.98. The number of carbonyl (C=O) groups excluding carboxylic acids is 3. The van der Waals surface area contributed by atoms with Gasteiger partial charge in [-0.1, -0.05) is 0 Å². The van der Waals surface area contributed by atoms with E-state index in [0.29, 0.717) is 19.4 Å². The van der Waals surface area contributed by atoms with Crippen LogP contribution in [0.15, 0.2) is 0 Å². The Morgan fingerprint density at radius 1 is 1.37 bits per heavy atom. The molecule has 106 valence electrons. The second-order valence-corrected chi connectivity index (χ2v) is 5.24. The molecular weight excluding hydrogens is 248 g/mol. The summed E-state index contributed by atoms with van der Waals surface area (Å²) < 4.78 is 0. The summed E-state index contributed by atoms with van der Waals surface area (Å²) in [5.41, 5.74) is 11.2. The molecule has 4 atom stereocenters. The van der Waals surface area contributed by atoms with E-state index in [-0.39, 0.29) is 23.7 Å². The number of rotatable bonds is 4. The SMILES string of the molecule is CNC(=O)[C@H]1C[C@@H]1[C@H](N)C(=O)N1CCC[C@H]1C(N)=O. The second-order valence-electron chi connectivity index (χ2n) is 5.24. The summed E-state index contributed by atoms with van der Waals surface area (Å²) >= 11 is 0. The molecule has 0 aromatic carbocycles. The Morgan fingerprint density at radius 3 is 2.63 bits per heavy atom. The minimum Gasteiger partial charge on any atom is -0.368 e. The fourth-order valence-electron chi connectivity index (χ4n) is 2.80. The largest absolute Gasteiger partial charge is 0.368 e. The zero-order valence-corrected chi connectivity index (χ0v) is 11.0. The fourth-order valence-corrected chi connectivity index (χ4v) is 2.80. The molecule has 1 heterocycles. The lowest BCUT2D eigenvalue weighted by Gasteiger charge is -2.25. The third-order valence-electron chi connectivity index (χ3n) is 4.03. The van der Waals surface area contributed by atoms with Gasteiger partial charge in [-0.05, 0) is 25.2 Å². The van der Waals surface area contributed by atoms with Crippen LogP contribution in [0.3, 0.4) is 0 Å². The van der Waals surface area contributed by atoms with Gasteiger partial charge in [-0.15, -0.1) is 0 Å². The lowest BCUT2D eigenvalue weighted by atomic mass is 10.1. The van der Waals surface area contributed by atoms with Crippen LogP contribution in [-0.4, -0.2) is 48.3 Å². The Hall–Kier alpha value is -1.63. The number of carbonyl (C=O) groups is 3. The van der Waals surface area contributed by atoms with E-state index in [1.807, 2.05) is 0 Å². The number of nitrogens with one attached hydrogen (secondary N) is 1. The molecule has 3 amide bonds. The molecule has 2 fully saturated rings. The predicted molar refractivity (Wildman–Crippen MR) is 67.6 cm³/mol. The molecule has 7 heteroatoms. The van der Waals surface area contributed by atoms with Crippen LogP contribution >= 0.6 is 0 Å². The van der Waals surface area contributed by atoms with E-state index < -0.39 is 18.0 Å². The second kappa shape index (κ2) is 5.16. The number of primary amides is 1. The van der Waals surface area contributed by atoms with Crippen LogP contribution in [0.2, 0.25) is 0 Å². The Balaban J connectivity index is 1.97. The molecule has 1 aliphatic heterocycles. The molecule has 1 saturated carbocycles. The van der Waals surface area contributed by atoms with Gasteiger partial charge in [0.05, 0.1) is 6.04 Å². The summed E-state index contributed by atoms with van der Waals surface area (Å²) in [4.78, 5) is 36.4. The fraction of sp³-hybridized carbons (Fsp3) is 0.750. The van der Waals surface area contributed by atoms with Gasteiger partial charge in [0.1, 0.15) is 6.04 Å². The molecule has 5 N–H and O–H groups in total. The standard InChI is InChI=1S/C12H20N4O3/c1-15-11(18)7-5-6(7)9(13)12(19)16-4-2-3-8(16)10(14)17/h6-9H,2-5,13H2,1H3,(H2,14,17)(H,15,18)/t6-,7-,8-,9-/m0/s1. The lowest BCUT2D eigenvalue weighted by Crippen LogP contribution is -2.51. The van der Waals surface area contributed by atoms with Crippen molar-refractivity contribution < 1.29 is 14.4 Å². The first-order valence-electron chi connectivity index (χ1n) is 6.54. The lowest BCUT2D eigenvalue weighted by molar-refractivity contribution is -0.138. The first kappa shape index (κ1) is 13.8. The van der Waals surface area contributed by atoms with Gasteiger partial charge in [0.15, 0.2) is 0 Å². The quantitative estimate of drug-likeness (QED) is 0.555. The van der Waals surface area contributed by atoms with Gasteiger partial charge in [0.25, 0.3) is 0 Å². The minimum absolute atomic E-state index is 0.0823. The van der Waals surface area contributed by atoms with E-state index >= 15 is 0 Å². The van der Waals surface area contributed by atoms with Crippen molar-refractivity contribution in [1.82, 2.24) is 10.2 Å². The Labute approximate surface area is 111 Å². The Bertz CT molecular complexity index is 412. The van der Waals surface area contributed by atoms with Crippen molar-refractivity contribution in [1.29, 1.82) is 0 Å². The zero-order valence-electron chi connectivity index (χ0n) is 11.0. The highest BCUT2D eigenvalue weighted by Gasteiger charge is 2.50. The van der Waals surface area contributed by atoms with Crippen LogP contribution in [0.5, 0.6) is 0 Å². The van der Waals surface area contributed by atoms with Crippen molar-refractivity contribution in [2.75, 3.05) is 13.6 Å². The molecule has 2 aliphatic rings. The molecule has 2 rings (SSSR count). The van der Waals surface area contributed by atoms with Gasteiger partial charge in [-0.2, -0.15) is 0 Å². The van der Waals surface area contributed by atoms with Crippen molar-refractivity contribution in [2.45, 2.75) is 31.3 Å². The van der Waals surface area contributed by atoms with Crippen molar-refractivity contribution in [3.8, 4) is 0 Å². The van der Waals surface area contributed by atoms with E-state index in [9.17, 15) is 14.4 Å². The molecule has 0 spiro atoms. The topological polar surface area (TPSA) is 119 Å². The summed E-state index contributed by atoms with van der Waals surface area (Å²) in [6.45, 7) is 0.511. The van der Waals surface area contributed by atoms with Crippen LogP contribution in [0.4, 0.5) is 0 Å². The first-order chi connectivity index (χ1) is 8.97. The highest BCUT2D eigenvalue weighted by molar-refractivity contribution is 5.91. The number of hydrogen-bond acceptors (Lipinski definition) is 4. The molecule has 0 bridgehead atoms. The van der Waals surface area contributed by atoms with Crippen LogP contribution < -0.4 is 16.8 Å². The Kier molecular flexibility index (Phi) is 3.75. The molecule has 0 aromatic heterocycles. The monoisotopic (exact) mass is 268 g/mol. The van der Waals surface area contributed by atoms with E-state index in [2.05, 4.69) is 5.32 Å². The van der Waals surface area contributed by atoms with Crippen LogP contribution in [0, 0.1) is 11.8 Å². The highest BCUT2D eigenvalue weighted by atomic mass is 16.2. The minimum atomic E-state index is -0.720. The molecule has 19 heavy (non-hydrogen) atoms. The average molecular weight is 268 g/mol. The van der Waals surface area contributed by atoms with Crippen LogP contribution in [0.25, 0.3) is 0 Å². The van der Waals surface area contributed by atoms with Crippen molar-refractivity contribution in [3.63, 3.8) is 0 Å². The maximum Gasteiger partial charge on any atom is 0.240 e. The number of hydrogen-bond donors (Lipinski definition) is 3. The molecule has 0 aromatic rings. The predicted octanol–water partition coefficient (Wildman–Crippen LogP) is -1.83. The maximum absolute atomic E-state index is 12.3. The summed E-state index contributed by atoms with van der Waals surface area (Å²) in [5, 5.41) is 2.55. The van der Waals surface area contributed by atoms with E-state index in [4.69, 9.17) is 11.5 Å². The molecule has 0 unspecified atom stereocenters. The van der Waals surface area contributed by atoms with E-state index in [0.717, 1.165) is 6.42 Å². The van der Waals surface area contributed by atoms with E-state index in [1.54, 1.807) is 7.05 Å². The van der Waals surface area contributed by atoms with E-state index in [1.165, 1.54) is 4.90 Å². The van der Waals surface area contributed by atoms with Gasteiger partial charge in [-0.3, -0.25) is 14.4 Å². The number of amides is 3. The van der Waals surface area contributed by atoms with Gasteiger partial charge in [0, 0.05) is 19.5 Å².